The molecule has 0 fully saturated rings. The molecule has 7 nitrogen and oxygen atoms in total. The molecule has 1 aromatic carbocycles. The molecule has 0 aromatic heterocycles. The van der Waals surface area contributed by atoms with Gasteiger partial charge < -0.3 is 9.80 Å². The molecule has 0 N–H and O–H groups in total. The summed E-state index contributed by atoms with van der Waals surface area (Å²) in [7, 11) is 1.46. The van der Waals surface area contributed by atoms with Crippen molar-refractivity contribution < 1.29 is 14.5 Å². The predicted octanol–water partition coefficient (Wildman–Crippen LogP) is 1.54. The summed E-state index contributed by atoms with van der Waals surface area (Å²) in [5, 5.41) is 10.9. The molecular formula is C14H19N3O4. The zero-order valence-corrected chi connectivity index (χ0v) is 12.4. The van der Waals surface area contributed by atoms with Crippen LogP contribution in [0.2, 0.25) is 0 Å². The van der Waals surface area contributed by atoms with E-state index >= 15 is 0 Å². The van der Waals surface area contributed by atoms with Crippen LogP contribution in [0.1, 0.15) is 24.2 Å². The second kappa shape index (κ2) is 7.37. The SMILES string of the molecule is CCN(CC)C(=O)CN(C)C(=O)c1ccccc1[N+](=O)[O-]. The van der Waals surface area contributed by atoms with Gasteiger partial charge in [0.15, 0.2) is 0 Å². The van der Waals surface area contributed by atoms with Crippen LogP contribution in [0.15, 0.2) is 24.3 Å². The van der Waals surface area contributed by atoms with E-state index in [2.05, 4.69) is 0 Å². The lowest BCUT2D eigenvalue weighted by Crippen LogP contribution is -2.41. The Labute approximate surface area is 123 Å². The summed E-state index contributed by atoms with van der Waals surface area (Å²) < 4.78 is 0. The van der Waals surface area contributed by atoms with Crippen LogP contribution in [0.5, 0.6) is 0 Å². The van der Waals surface area contributed by atoms with Crippen molar-refractivity contribution >= 4 is 17.5 Å². The van der Waals surface area contributed by atoms with E-state index in [4.69, 9.17) is 0 Å². The third-order valence-corrected chi connectivity index (χ3v) is 3.17. The first-order valence-electron chi connectivity index (χ1n) is 6.69. The van der Waals surface area contributed by atoms with Gasteiger partial charge in [0.25, 0.3) is 11.6 Å². The lowest BCUT2D eigenvalue weighted by atomic mass is 10.1. The molecule has 0 unspecified atom stereocenters. The minimum atomic E-state index is -0.604. The molecule has 0 saturated carbocycles. The quantitative estimate of drug-likeness (QED) is 0.588. The number of benzene rings is 1. The summed E-state index contributed by atoms with van der Waals surface area (Å²) >= 11 is 0. The average Bonchev–Trinajstić information content (AvgIpc) is 2.47. The Kier molecular flexibility index (Phi) is 5.83. The molecule has 0 heterocycles. The number of hydrogen-bond donors (Lipinski definition) is 0. The van der Waals surface area contributed by atoms with Gasteiger partial charge in [-0.05, 0) is 19.9 Å². The molecule has 0 bridgehead atoms. The highest BCUT2D eigenvalue weighted by atomic mass is 16.6. The minimum absolute atomic E-state index is 0.0163. The van der Waals surface area contributed by atoms with Crippen molar-refractivity contribution in [3.63, 3.8) is 0 Å². The molecule has 1 rings (SSSR count). The highest BCUT2D eigenvalue weighted by molar-refractivity contribution is 5.99. The van der Waals surface area contributed by atoms with Crippen LogP contribution in [0.3, 0.4) is 0 Å². The van der Waals surface area contributed by atoms with Gasteiger partial charge in [-0.3, -0.25) is 19.7 Å². The number of nitro benzene ring substituents is 1. The molecule has 7 heteroatoms. The Hall–Kier alpha value is -2.44. The standard InChI is InChI=1S/C14H19N3O4/c1-4-16(5-2)13(18)10-15(3)14(19)11-8-6-7-9-12(11)17(20)21/h6-9H,4-5,10H2,1-3H3. The summed E-state index contributed by atoms with van der Waals surface area (Å²) in [5.74, 6) is -0.725. The van der Waals surface area contributed by atoms with Gasteiger partial charge in [0.1, 0.15) is 5.56 Å². The molecule has 2 amide bonds. The first-order chi connectivity index (χ1) is 9.92. The topological polar surface area (TPSA) is 83.8 Å². The van der Waals surface area contributed by atoms with E-state index < -0.39 is 10.8 Å². The van der Waals surface area contributed by atoms with Gasteiger partial charge >= 0.3 is 0 Å². The first-order valence-corrected chi connectivity index (χ1v) is 6.69. The molecule has 0 aliphatic rings. The largest absolute Gasteiger partial charge is 0.342 e. The van der Waals surface area contributed by atoms with Gasteiger partial charge in [-0.1, -0.05) is 12.1 Å². The third kappa shape index (κ3) is 4.01. The number of hydrogen-bond acceptors (Lipinski definition) is 4. The Bertz CT molecular complexity index is 541. The van der Waals surface area contributed by atoms with Crippen LogP contribution in [0.4, 0.5) is 5.69 Å². The van der Waals surface area contributed by atoms with Gasteiger partial charge in [0.05, 0.1) is 11.5 Å². The molecule has 0 saturated heterocycles. The average molecular weight is 293 g/mol. The fraction of sp³-hybridized carbons (Fsp3) is 0.429. The molecule has 114 valence electrons. The number of nitro groups is 1. The summed E-state index contributed by atoms with van der Waals surface area (Å²) in [6, 6.07) is 5.71. The van der Waals surface area contributed by atoms with Crippen molar-refractivity contribution in [2.24, 2.45) is 0 Å². The zero-order chi connectivity index (χ0) is 16.0. The zero-order valence-electron chi connectivity index (χ0n) is 12.4. The number of carbonyl (C=O) groups excluding carboxylic acids is 2. The fourth-order valence-electron chi connectivity index (χ4n) is 1.97. The number of carbonyl (C=O) groups is 2. The van der Waals surface area contributed by atoms with E-state index in [1.807, 2.05) is 13.8 Å². The van der Waals surface area contributed by atoms with Crippen LogP contribution in [-0.4, -0.2) is 53.2 Å². The van der Waals surface area contributed by atoms with Gasteiger partial charge in [0.2, 0.25) is 5.91 Å². The van der Waals surface area contributed by atoms with Crippen molar-refractivity contribution in [2.45, 2.75) is 13.8 Å². The lowest BCUT2D eigenvalue weighted by Gasteiger charge is -2.23. The van der Waals surface area contributed by atoms with E-state index in [0.717, 1.165) is 0 Å². The van der Waals surface area contributed by atoms with Crippen LogP contribution < -0.4 is 0 Å². The van der Waals surface area contributed by atoms with Crippen LogP contribution in [0.25, 0.3) is 0 Å². The van der Waals surface area contributed by atoms with E-state index in [-0.39, 0.29) is 23.7 Å². The van der Waals surface area contributed by atoms with E-state index in [0.29, 0.717) is 13.1 Å². The van der Waals surface area contributed by atoms with Crippen molar-refractivity contribution in [3.8, 4) is 0 Å². The van der Waals surface area contributed by atoms with Crippen molar-refractivity contribution in [2.75, 3.05) is 26.7 Å². The predicted molar refractivity (Wildman–Crippen MR) is 78.0 cm³/mol. The second-order valence-electron chi connectivity index (χ2n) is 4.50. The molecule has 0 radical (unpaired) electrons. The molecule has 0 aliphatic heterocycles. The molecule has 0 spiro atoms. The molecule has 21 heavy (non-hydrogen) atoms. The highest BCUT2D eigenvalue weighted by Crippen LogP contribution is 2.19. The first kappa shape index (κ1) is 16.6. The summed E-state index contributed by atoms with van der Waals surface area (Å²) in [4.78, 5) is 37.3. The van der Waals surface area contributed by atoms with Crippen LogP contribution >= 0.6 is 0 Å². The highest BCUT2D eigenvalue weighted by Gasteiger charge is 2.24. The molecule has 0 atom stereocenters. The van der Waals surface area contributed by atoms with Crippen LogP contribution in [-0.2, 0) is 4.79 Å². The van der Waals surface area contributed by atoms with Crippen molar-refractivity contribution in [1.82, 2.24) is 9.80 Å². The minimum Gasteiger partial charge on any atom is -0.342 e. The third-order valence-electron chi connectivity index (χ3n) is 3.17. The van der Waals surface area contributed by atoms with E-state index in [1.165, 1.54) is 30.1 Å². The van der Waals surface area contributed by atoms with Crippen LogP contribution in [0, 0.1) is 10.1 Å². The van der Waals surface area contributed by atoms with Gasteiger partial charge in [-0.15, -0.1) is 0 Å². The number of rotatable bonds is 6. The number of nitrogens with zero attached hydrogens (tertiary/aromatic N) is 3. The van der Waals surface area contributed by atoms with Gasteiger partial charge in [0, 0.05) is 26.2 Å². The fourth-order valence-corrected chi connectivity index (χ4v) is 1.97. The second-order valence-corrected chi connectivity index (χ2v) is 4.50. The number of likely N-dealkylation sites (N-methyl/N-ethyl adjacent to an activating group) is 2. The lowest BCUT2D eigenvalue weighted by molar-refractivity contribution is -0.385. The Morgan fingerprint density at radius 2 is 1.76 bits per heavy atom. The van der Waals surface area contributed by atoms with E-state index in [1.54, 1.807) is 11.0 Å². The van der Waals surface area contributed by atoms with Crippen molar-refractivity contribution in [1.29, 1.82) is 0 Å². The summed E-state index contributed by atoms with van der Waals surface area (Å²) in [6.45, 7) is 4.72. The molecular weight excluding hydrogens is 274 g/mol. The Morgan fingerprint density at radius 3 is 2.29 bits per heavy atom. The monoisotopic (exact) mass is 293 g/mol. The maximum absolute atomic E-state index is 12.3. The molecule has 1 aromatic rings. The maximum Gasteiger partial charge on any atom is 0.282 e. The summed E-state index contributed by atoms with van der Waals surface area (Å²) in [5.41, 5.74) is -0.276. The maximum atomic E-state index is 12.3. The van der Waals surface area contributed by atoms with E-state index in [9.17, 15) is 19.7 Å². The van der Waals surface area contributed by atoms with Gasteiger partial charge in [-0.25, -0.2) is 0 Å². The summed E-state index contributed by atoms with van der Waals surface area (Å²) in [6.07, 6.45) is 0. The van der Waals surface area contributed by atoms with Crippen molar-refractivity contribution in [3.05, 3.63) is 39.9 Å². The Balaban J connectivity index is 2.89. The van der Waals surface area contributed by atoms with Gasteiger partial charge in [-0.2, -0.15) is 0 Å². The normalized spacial score (nSPS) is 10.0. The number of amides is 2. The molecule has 0 aliphatic carbocycles. The Morgan fingerprint density at radius 1 is 1.19 bits per heavy atom. The smallest absolute Gasteiger partial charge is 0.282 e. The number of para-hydroxylation sites is 1.